The molecule has 0 fully saturated rings. The minimum Gasteiger partial charge on any atom is -0.493 e. The second-order valence-electron chi connectivity index (χ2n) is 7.63. The van der Waals surface area contributed by atoms with Crippen LogP contribution in [0.3, 0.4) is 0 Å². The Labute approximate surface area is 208 Å². The van der Waals surface area contributed by atoms with Gasteiger partial charge in [0.05, 0.1) is 20.3 Å². The van der Waals surface area contributed by atoms with Gasteiger partial charge >= 0.3 is 5.97 Å². The molecule has 0 saturated carbocycles. The molecule has 0 aliphatic heterocycles. The largest absolute Gasteiger partial charge is 0.493 e. The average Bonchev–Trinajstić information content (AvgIpc) is 2.84. The van der Waals surface area contributed by atoms with Gasteiger partial charge in [-0.2, -0.15) is 0 Å². The third kappa shape index (κ3) is 17.7. The molecule has 0 radical (unpaired) electrons. The van der Waals surface area contributed by atoms with Gasteiger partial charge in [-0.05, 0) is 58.2 Å². The van der Waals surface area contributed by atoms with Crippen molar-refractivity contribution in [3.8, 4) is 5.75 Å². The van der Waals surface area contributed by atoms with E-state index in [1.807, 2.05) is 25.1 Å². The quantitative estimate of drug-likeness (QED) is 0.174. The van der Waals surface area contributed by atoms with Crippen LogP contribution in [-0.2, 0) is 23.9 Å². The number of esters is 1. The third-order valence-electron chi connectivity index (χ3n) is 4.54. The second-order valence-corrected chi connectivity index (χ2v) is 7.63. The topological polar surface area (TPSA) is 149 Å². The van der Waals surface area contributed by atoms with Gasteiger partial charge in [0.2, 0.25) is 17.7 Å². The number of carbonyl (C=O) groups excluding carboxylic acids is 4. The number of rotatable bonds is 14. The molecule has 0 aromatic heterocycles. The van der Waals surface area contributed by atoms with Gasteiger partial charge in [0.15, 0.2) is 0 Å². The summed E-state index contributed by atoms with van der Waals surface area (Å²) in [7, 11) is 1.21. The molecular weight excluding hydrogens is 452 g/mol. The van der Waals surface area contributed by atoms with Gasteiger partial charge < -0.3 is 31.2 Å². The molecule has 10 nitrogen and oxygen atoms in total. The maximum atomic E-state index is 12.0. The van der Waals surface area contributed by atoms with Crippen LogP contribution in [-0.4, -0.2) is 63.1 Å². The Bertz CT molecular complexity index is 796. The van der Waals surface area contributed by atoms with Crippen LogP contribution < -0.4 is 26.4 Å². The number of methoxy groups -OCH3 is 1. The first-order valence-electron chi connectivity index (χ1n) is 11.6. The van der Waals surface area contributed by atoms with Crippen molar-refractivity contribution in [2.45, 2.75) is 52.5 Å². The first-order chi connectivity index (χ1) is 16.7. The molecule has 35 heavy (non-hydrogen) atoms. The first-order valence-corrected chi connectivity index (χ1v) is 11.6. The van der Waals surface area contributed by atoms with Crippen molar-refractivity contribution in [3.63, 3.8) is 0 Å². The van der Waals surface area contributed by atoms with E-state index < -0.39 is 23.8 Å². The van der Waals surface area contributed by atoms with E-state index in [1.54, 1.807) is 0 Å². The Morgan fingerprint density at radius 1 is 1.06 bits per heavy atom. The monoisotopic (exact) mass is 492 g/mol. The number of aryl methyl sites for hydroxylation is 1. The molecular formula is C25H40N4O6. The van der Waals surface area contributed by atoms with Gasteiger partial charge in [0.25, 0.3) is 0 Å². The summed E-state index contributed by atoms with van der Waals surface area (Å²) in [4.78, 5) is 45.4. The molecule has 1 aromatic carbocycles. The number of ether oxygens (including phenoxy) is 2. The highest BCUT2D eigenvalue weighted by Gasteiger charge is 2.21. The number of hydrogen-bond acceptors (Lipinski definition) is 7. The van der Waals surface area contributed by atoms with Crippen molar-refractivity contribution in [1.29, 1.82) is 0 Å². The van der Waals surface area contributed by atoms with Crippen LogP contribution in [0, 0.1) is 6.92 Å². The number of carbonyl (C=O) groups is 4. The molecule has 196 valence electrons. The molecule has 1 unspecified atom stereocenters. The molecule has 0 bridgehead atoms. The fourth-order valence-corrected chi connectivity index (χ4v) is 2.61. The smallest absolute Gasteiger partial charge is 0.325 e. The Morgan fingerprint density at radius 2 is 1.74 bits per heavy atom. The number of allylic oxidation sites excluding steroid dienone is 1. The lowest BCUT2D eigenvalue weighted by Gasteiger charge is -2.18. The minimum atomic E-state index is -0.794. The lowest BCUT2D eigenvalue weighted by atomic mass is 10.1. The lowest BCUT2D eigenvalue weighted by Crippen LogP contribution is -2.50. The molecule has 3 amide bonds. The van der Waals surface area contributed by atoms with Crippen LogP contribution in [0.2, 0.25) is 0 Å². The van der Waals surface area contributed by atoms with Crippen molar-refractivity contribution in [2.24, 2.45) is 5.73 Å². The summed E-state index contributed by atoms with van der Waals surface area (Å²) in [5.41, 5.74) is 6.66. The number of benzene rings is 1. The van der Waals surface area contributed by atoms with Crippen LogP contribution in [0.1, 0.15) is 45.1 Å². The van der Waals surface area contributed by atoms with Gasteiger partial charge in [-0.15, -0.1) is 0 Å². The van der Waals surface area contributed by atoms with E-state index in [0.717, 1.165) is 18.8 Å². The van der Waals surface area contributed by atoms with Crippen molar-refractivity contribution >= 4 is 23.7 Å². The van der Waals surface area contributed by atoms with E-state index in [0.29, 0.717) is 25.8 Å². The van der Waals surface area contributed by atoms with E-state index >= 15 is 0 Å². The van der Waals surface area contributed by atoms with Gasteiger partial charge in [-0.1, -0.05) is 29.8 Å². The summed E-state index contributed by atoms with van der Waals surface area (Å²) in [6, 6.07) is 7.34. The van der Waals surface area contributed by atoms with Crippen LogP contribution in [0.5, 0.6) is 5.75 Å². The van der Waals surface area contributed by atoms with Gasteiger partial charge in [0.1, 0.15) is 18.3 Å². The summed E-state index contributed by atoms with van der Waals surface area (Å²) in [5.74, 6) is -0.946. The van der Waals surface area contributed by atoms with E-state index in [1.165, 1.54) is 19.6 Å². The van der Waals surface area contributed by atoms with E-state index in [2.05, 4.69) is 45.8 Å². The zero-order valence-corrected chi connectivity index (χ0v) is 21.2. The molecule has 0 aliphatic carbocycles. The zero-order chi connectivity index (χ0) is 26.5. The van der Waals surface area contributed by atoms with Crippen LogP contribution >= 0.6 is 0 Å². The van der Waals surface area contributed by atoms with Crippen molar-refractivity contribution in [1.82, 2.24) is 16.0 Å². The second kappa shape index (κ2) is 20.0. The summed E-state index contributed by atoms with van der Waals surface area (Å²) in [6.45, 7) is 6.13. The van der Waals surface area contributed by atoms with Crippen LogP contribution in [0.4, 0.5) is 0 Å². The van der Waals surface area contributed by atoms with Gasteiger partial charge in [0, 0.05) is 6.92 Å². The van der Waals surface area contributed by atoms with Crippen molar-refractivity contribution < 1.29 is 28.7 Å². The number of nitrogens with two attached hydrogens (primary N) is 1. The normalized spacial score (nSPS) is 11.0. The highest BCUT2D eigenvalue weighted by atomic mass is 16.5. The molecule has 0 spiro atoms. The Morgan fingerprint density at radius 3 is 2.31 bits per heavy atom. The molecule has 1 rings (SSSR count). The SMILES string of the molecule is C/C=C\CCOc1ccc(C)cc1.COC(=O)CNC(=O)C(CCCCN)NC(=O)CNC(C)=O. The number of hydrogen-bond donors (Lipinski definition) is 4. The molecule has 0 aliphatic rings. The highest BCUT2D eigenvalue weighted by Crippen LogP contribution is 2.11. The predicted molar refractivity (Wildman–Crippen MR) is 135 cm³/mol. The standard InChI is InChI=1S/C13H24N4O5.C12H16O/c1-9(18)15-7-11(19)17-10(5-3-4-6-14)13(21)16-8-12(20)22-2;1-3-4-5-10-13-12-8-6-11(2)7-9-12/h10H,3-8,14H2,1-2H3,(H,15,18)(H,16,21)(H,17,19);3-4,6-9H,5,10H2,1-2H3/b;4-3-. The van der Waals surface area contributed by atoms with Gasteiger partial charge in [-0.25, -0.2) is 0 Å². The minimum absolute atomic E-state index is 0.215. The van der Waals surface area contributed by atoms with E-state index in [9.17, 15) is 19.2 Å². The molecule has 1 aromatic rings. The Kier molecular flexibility index (Phi) is 18.1. The molecule has 0 saturated heterocycles. The third-order valence-corrected chi connectivity index (χ3v) is 4.54. The van der Waals surface area contributed by atoms with E-state index in [4.69, 9.17) is 10.5 Å². The highest BCUT2D eigenvalue weighted by molar-refractivity contribution is 5.91. The first kappa shape index (κ1) is 31.6. The molecule has 1 atom stereocenters. The number of nitrogens with one attached hydrogen (secondary N) is 3. The Balaban J connectivity index is 0.000000750. The molecule has 0 heterocycles. The summed E-state index contributed by atoms with van der Waals surface area (Å²) in [5, 5.41) is 7.24. The average molecular weight is 493 g/mol. The van der Waals surface area contributed by atoms with Crippen molar-refractivity contribution in [3.05, 3.63) is 42.0 Å². The van der Waals surface area contributed by atoms with Gasteiger partial charge in [-0.3, -0.25) is 19.2 Å². The fourth-order valence-electron chi connectivity index (χ4n) is 2.61. The lowest BCUT2D eigenvalue weighted by molar-refractivity contribution is -0.141. The summed E-state index contributed by atoms with van der Waals surface area (Å²) < 4.78 is 9.93. The molecule has 10 heteroatoms. The van der Waals surface area contributed by atoms with Crippen LogP contribution in [0.25, 0.3) is 0 Å². The Hall–Kier alpha value is -3.40. The zero-order valence-electron chi connectivity index (χ0n) is 21.2. The number of unbranched alkanes of at least 4 members (excludes halogenated alkanes) is 1. The molecule has 5 N–H and O–H groups in total. The maximum absolute atomic E-state index is 12.0. The number of amides is 3. The summed E-state index contributed by atoms with van der Waals surface area (Å²) >= 11 is 0. The predicted octanol–water partition coefficient (Wildman–Crippen LogP) is 1.37. The maximum Gasteiger partial charge on any atom is 0.325 e. The summed E-state index contributed by atoms with van der Waals surface area (Å²) in [6.07, 6.45) is 6.86. The van der Waals surface area contributed by atoms with Crippen LogP contribution in [0.15, 0.2) is 36.4 Å². The fraction of sp³-hybridized carbons (Fsp3) is 0.520. The van der Waals surface area contributed by atoms with Crippen molar-refractivity contribution in [2.75, 3.05) is 33.4 Å². The van der Waals surface area contributed by atoms with E-state index in [-0.39, 0.29) is 19.0 Å².